The summed E-state index contributed by atoms with van der Waals surface area (Å²) in [6.07, 6.45) is -0.0683. The molecule has 0 radical (unpaired) electrons. The standard InChI is InChI=1S/C9H15N3O4/c1-5-6(2)9(15)12(8(5)14)4-3-7(13)16-11-10/h5-6,11H,3-4,10H2,1-2H3. The van der Waals surface area contributed by atoms with Crippen molar-refractivity contribution >= 4 is 17.8 Å². The summed E-state index contributed by atoms with van der Waals surface area (Å²) >= 11 is 0. The lowest BCUT2D eigenvalue weighted by Crippen LogP contribution is -2.34. The van der Waals surface area contributed by atoms with Crippen molar-refractivity contribution in [2.45, 2.75) is 20.3 Å². The monoisotopic (exact) mass is 229 g/mol. The number of hydrogen-bond acceptors (Lipinski definition) is 6. The zero-order valence-electron chi connectivity index (χ0n) is 9.23. The largest absolute Gasteiger partial charge is 0.356 e. The van der Waals surface area contributed by atoms with Crippen LogP contribution in [0.5, 0.6) is 0 Å². The predicted molar refractivity (Wildman–Crippen MR) is 53.1 cm³/mol. The van der Waals surface area contributed by atoms with Crippen LogP contribution in [0.4, 0.5) is 0 Å². The molecule has 7 heteroatoms. The van der Waals surface area contributed by atoms with E-state index in [1.807, 2.05) is 0 Å². The van der Waals surface area contributed by atoms with E-state index in [1.165, 1.54) is 0 Å². The summed E-state index contributed by atoms with van der Waals surface area (Å²) in [5.74, 6) is 3.02. The number of nitrogens with one attached hydrogen (secondary N) is 1. The van der Waals surface area contributed by atoms with Crippen molar-refractivity contribution in [2.24, 2.45) is 17.7 Å². The Labute approximate surface area is 92.8 Å². The van der Waals surface area contributed by atoms with Gasteiger partial charge in [0, 0.05) is 18.4 Å². The smallest absolute Gasteiger partial charge is 0.328 e. The van der Waals surface area contributed by atoms with Gasteiger partial charge in [0.25, 0.3) is 0 Å². The molecular weight excluding hydrogens is 214 g/mol. The summed E-state index contributed by atoms with van der Waals surface area (Å²) in [5, 5.41) is 0. The van der Waals surface area contributed by atoms with Crippen LogP contribution in [0.3, 0.4) is 0 Å². The number of hydrogen-bond donors (Lipinski definition) is 2. The summed E-state index contributed by atoms with van der Waals surface area (Å²) in [4.78, 5) is 39.5. The van der Waals surface area contributed by atoms with Crippen molar-refractivity contribution in [3.63, 3.8) is 0 Å². The van der Waals surface area contributed by atoms with Gasteiger partial charge in [0.05, 0.1) is 6.42 Å². The minimum atomic E-state index is -0.615. The van der Waals surface area contributed by atoms with Crippen molar-refractivity contribution < 1.29 is 19.2 Å². The van der Waals surface area contributed by atoms with Gasteiger partial charge in [-0.05, 0) is 0 Å². The zero-order valence-corrected chi connectivity index (χ0v) is 9.23. The maximum Gasteiger partial charge on any atom is 0.328 e. The average Bonchev–Trinajstić information content (AvgIpc) is 2.42. The van der Waals surface area contributed by atoms with Crippen LogP contribution in [-0.2, 0) is 19.2 Å². The van der Waals surface area contributed by atoms with Crippen LogP contribution in [0.15, 0.2) is 0 Å². The SMILES string of the molecule is CC1C(=O)N(CCC(=O)ONN)C(=O)C1C. The van der Waals surface area contributed by atoms with Gasteiger partial charge in [0.2, 0.25) is 11.8 Å². The van der Waals surface area contributed by atoms with Crippen molar-refractivity contribution in [3.8, 4) is 0 Å². The van der Waals surface area contributed by atoms with Gasteiger partial charge < -0.3 is 4.84 Å². The molecule has 1 rings (SSSR count). The minimum absolute atomic E-state index is 0.0346. The molecule has 2 atom stereocenters. The van der Waals surface area contributed by atoms with Gasteiger partial charge in [-0.3, -0.25) is 19.3 Å². The average molecular weight is 229 g/mol. The molecule has 0 aliphatic carbocycles. The number of carbonyl (C=O) groups excluding carboxylic acids is 3. The Morgan fingerprint density at radius 2 is 1.88 bits per heavy atom. The second-order valence-corrected chi connectivity index (χ2v) is 3.75. The minimum Gasteiger partial charge on any atom is -0.356 e. The Morgan fingerprint density at radius 3 is 2.31 bits per heavy atom. The molecule has 0 spiro atoms. The highest BCUT2D eigenvalue weighted by atomic mass is 16.7. The second kappa shape index (κ2) is 5.04. The van der Waals surface area contributed by atoms with Gasteiger partial charge in [-0.1, -0.05) is 19.4 Å². The Morgan fingerprint density at radius 1 is 1.38 bits per heavy atom. The molecule has 0 aromatic rings. The number of likely N-dealkylation sites (tertiary alicyclic amines) is 1. The summed E-state index contributed by atoms with van der Waals surface area (Å²) in [7, 11) is 0. The first kappa shape index (κ1) is 12.6. The first-order valence-corrected chi connectivity index (χ1v) is 4.99. The van der Waals surface area contributed by atoms with Crippen LogP contribution in [0.1, 0.15) is 20.3 Å². The van der Waals surface area contributed by atoms with Crippen molar-refractivity contribution in [3.05, 3.63) is 0 Å². The number of amides is 2. The molecular formula is C9H15N3O4. The molecule has 7 nitrogen and oxygen atoms in total. The molecule has 1 saturated heterocycles. The van der Waals surface area contributed by atoms with Crippen molar-refractivity contribution in [1.82, 2.24) is 10.5 Å². The number of imide groups is 1. The zero-order chi connectivity index (χ0) is 12.3. The van der Waals surface area contributed by atoms with Gasteiger partial charge in [-0.25, -0.2) is 5.84 Å². The molecule has 0 bridgehead atoms. The van der Waals surface area contributed by atoms with Crippen LogP contribution in [0, 0.1) is 11.8 Å². The summed E-state index contributed by atoms with van der Waals surface area (Å²) < 4.78 is 0. The maximum atomic E-state index is 11.6. The van der Waals surface area contributed by atoms with Crippen molar-refractivity contribution in [2.75, 3.05) is 6.54 Å². The fourth-order valence-electron chi connectivity index (χ4n) is 1.57. The van der Waals surface area contributed by atoms with E-state index in [2.05, 4.69) is 4.84 Å². The highest BCUT2D eigenvalue weighted by molar-refractivity contribution is 6.04. The third-order valence-electron chi connectivity index (χ3n) is 2.77. The lowest BCUT2D eigenvalue weighted by Gasteiger charge is -2.13. The van der Waals surface area contributed by atoms with Gasteiger partial charge >= 0.3 is 5.97 Å². The Bertz CT molecular complexity index is 298. The Kier molecular flexibility index (Phi) is 3.97. The third-order valence-corrected chi connectivity index (χ3v) is 2.77. The highest BCUT2D eigenvalue weighted by Gasteiger charge is 2.41. The number of hydrazine groups is 1. The van der Waals surface area contributed by atoms with E-state index in [9.17, 15) is 14.4 Å². The Hall–Kier alpha value is -1.47. The fraction of sp³-hybridized carbons (Fsp3) is 0.667. The molecule has 3 N–H and O–H groups in total. The molecule has 2 unspecified atom stereocenters. The third kappa shape index (κ3) is 2.37. The van der Waals surface area contributed by atoms with Gasteiger partial charge in [-0.2, -0.15) is 0 Å². The molecule has 0 aromatic carbocycles. The number of carbonyl (C=O) groups is 3. The topological polar surface area (TPSA) is 102 Å². The molecule has 1 aliphatic heterocycles. The van der Waals surface area contributed by atoms with E-state index < -0.39 is 5.97 Å². The van der Waals surface area contributed by atoms with E-state index in [-0.39, 0.29) is 36.6 Å². The van der Waals surface area contributed by atoms with Gasteiger partial charge in [-0.15, -0.1) is 0 Å². The molecule has 0 saturated carbocycles. The highest BCUT2D eigenvalue weighted by Crippen LogP contribution is 2.25. The van der Waals surface area contributed by atoms with E-state index in [1.54, 1.807) is 19.4 Å². The van der Waals surface area contributed by atoms with Gasteiger partial charge in [0.15, 0.2) is 0 Å². The normalized spacial score (nSPS) is 25.1. The lowest BCUT2D eigenvalue weighted by molar-refractivity contribution is -0.152. The van der Waals surface area contributed by atoms with Crippen LogP contribution in [0.25, 0.3) is 0 Å². The van der Waals surface area contributed by atoms with E-state index in [0.29, 0.717) is 0 Å². The first-order valence-electron chi connectivity index (χ1n) is 4.99. The second-order valence-electron chi connectivity index (χ2n) is 3.75. The van der Waals surface area contributed by atoms with Crippen LogP contribution in [-0.4, -0.2) is 29.2 Å². The molecule has 1 heterocycles. The number of nitrogens with two attached hydrogens (primary N) is 1. The van der Waals surface area contributed by atoms with Crippen LogP contribution >= 0.6 is 0 Å². The maximum absolute atomic E-state index is 11.6. The van der Waals surface area contributed by atoms with E-state index in [0.717, 1.165) is 4.90 Å². The van der Waals surface area contributed by atoms with Gasteiger partial charge in [0.1, 0.15) is 0 Å². The Balaban J connectivity index is 2.52. The van der Waals surface area contributed by atoms with Crippen LogP contribution < -0.4 is 11.4 Å². The van der Waals surface area contributed by atoms with E-state index in [4.69, 9.17) is 5.84 Å². The molecule has 1 aliphatic rings. The van der Waals surface area contributed by atoms with Crippen LogP contribution in [0.2, 0.25) is 0 Å². The van der Waals surface area contributed by atoms with E-state index >= 15 is 0 Å². The first-order chi connectivity index (χ1) is 7.49. The molecule has 90 valence electrons. The molecule has 0 aromatic heterocycles. The summed E-state index contributed by atoms with van der Waals surface area (Å²) in [6, 6.07) is 0. The molecule has 1 fully saturated rings. The molecule has 2 amide bonds. The summed E-state index contributed by atoms with van der Waals surface area (Å²) in [6.45, 7) is 3.43. The number of nitrogens with zero attached hydrogens (tertiary/aromatic N) is 1. The quantitative estimate of drug-likeness (QED) is 0.362. The predicted octanol–water partition coefficient (Wildman–Crippen LogP) is -1.06. The summed E-state index contributed by atoms with van der Waals surface area (Å²) in [5.41, 5.74) is 1.74. The molecule has 16 heavy (non-hydrogen) atoms. The van der Waals surface area contributed by atoms with Crippen molar-refractivity contribution in [1.29, 1.82) is 0 Å². The lowest BCUT2D eigenvalue weighted by atomic mass is 10.00. The fourth-order valence-corrected chi connectivity index (χ4v) is 1.57. The number of rotatable bonds is 4.